The molecule has 2 heterocycles. The quantitative estimate of drug-likeness (QED) is 0.647. The molecule has 0 radical (unpaired) electrons. The summed E-state index contributed by atoms with van der Waals surface area (Å²) in [5, 5.41) is 8.01. The lowest BCUT2D eigenvalue weighted by atomic mass is 10.00. The Morgan fingerprint density at radius 1 is 1.08 bits per heavy atom. The molecular weight excluding hydrogens is 294 g/mol. The molecule has 0 fully saturated rings. The average molecular weight is 315 g/mol. The Kier molecular flexibility index (Phi) is 3.62. The molecule has 0 atom stereocenters. The standard InChI is InChI=1S/C21H21N3/c1-14-7-9-17-10-8-16(11-21(17)23-14)13-22-15(2)20-12-18-5-3-4-6-19(18)24-20/h3-6,8,10-12,22-24H,1-2,7,9,13H2. The fraction of sp³-hybridized carbons (Fsp3) is 0.143. The van der Waals surface area contributed by atoms with Crippen LogP contribution in [0.5, 0.6) is 0 Å². The Labute approximate surface area is 142 Å². The van der Waals surface area contributed by atoms with Gasteiger partial charge in [-0.3, -0.25) is 0 Å². The number of aromatic nitrogens is 1. The van der Waals surface area contributed by atoms with Crippen molar-refractivity contribution in [2.24, 2.45) is 0 Å². The third-order valence-electron chi connectivity index (χ3n) is 4.54. The van der Waals surface area contributed by atoms with Crippen LogP contribution in [0.2, 0.25) is 0 Å². The minimum atomic E-state index is 0.746. The first-order valence-corrected chi connectivity index (χ1v) is 8.26. The van der Waals surface area contributed by atoms with Gasteiger partial charge in [-0.2, -0.15) is 0 Å². The van der Waals surface area contributed by atoms with Crippen LogP contribution in [-0.4, -0.2) is 4.98 Å². The summed E-state index contributed by atoms with van der Waals surface area (Å²) in [6.07, 6.45) is 2.08. The molecule has 4 rings (SSSR count). The number of hydrogen-bond donors (Lipinski definition) is 3. The zero-order valence-corrected chi connectivity index (χ0v) is 13.7. The van der Waals surface area contributed by atoms with Crippen molar-refractivity contribution in [3.05, 3.63) is 84.2 Å². The molecule has 1 aromatic heterocycles. The summed E-state index contributed by atoms with van der Waals surface area (Å²) in [5.41, 5.74) is 7.93. The Hall–Kier alpha value is -2.94. The number of benzene rings is 2. The third kappa shape index (κ3) is 2.81. The first-order chi connectivity index (χ1) is 11.7. The number of hydrogen-bond acceptors (Lipinski definition) is 2. The van der Waals surface area contributed by atoms with Gasteiger partial charge in [0, 0.05) is 28.8 Å². The number of nitrogens with one attached hydrogen (secondary N) is 3. The van der Waals surface area contributed by atoms with E-state index in [1.807, 2.05) is 12.1 Å². The zero-order valence-electron chi connectivity index (χ0n) is 13.7. The van der Waals surface area contributed by atoms with Gasteiger partial charge in [-0.15, -0.1) is 0 Å². The fourth-order valence-electron chi connectivity index (χ4n) is 3.15. The van der Waals surface area contributed by atoms with Crippen molar-refractivity contribution in [1.82, 2.24) is 10.3 Å². The van der Waals surface area contributed by atoms with Crippen LogP contribution in [0.25, 0.3) is 16.6 Å². The van der Waals surface area contributed by atoms with Crippen LogP contribution in [0.1, 0.15) is 23.2 Å². The normalized spacial score (nSPS) is 13.4. The van der Waals surface area contributed by atoms with Crippen LogP contribution < -0.4 is 10.6 Å². The van der Waals surface area contributed by atoms with Gasteiger partial charge in [0.1, 0.15) is 0 Å². The Morgan fingerprint density at radius 3 is 2.83 bits per heavy atom. The molecule has 1 aliphatic heterocycles. The molecular formula is C21H21N3. The summed E-state index contributed by atoms with van der Waals surface area (Å²) in [5.74, 6) is 0. The first-order valence-electron chi connectivity index (χ1n) is 8.26. The smallest absolute Gasteiger partial charge is 0.0620 e. The van der Waals surface area contributed by atoms with Crippen LogP contribution in [0.3, 0.4) is 0 Å². The SMILES string of the molecule is C=C1CCc2ccc(CNC(=C)c3cc4ccccc4[nH]3)cc2N1. The second-order valence-electron chi connectivity index (χ2n) is 6.32. The van der Waals surface area contributed by atoms with E-state index in [4.69, 9.17) is 0 Å². The first kappa shape index (κ1) is 14.6. The summed E-state index contributed by atoms with van der Waals surface area (Å²) >= 11 is 0. The molecule has 3 aromatic rings. The number of fused-ring (bicyclic) bond motifs is 2. The monoisotopic (exact) mass is 315 g/mol. The lowest BCUT2D eigenvalue weighted by Crippen LogP contribution is -2.13. The summed E-state index contributed by atoms with van der Waals surface area (Å²) in [6.45, 7) is 8.94. The topological polar surface area (TPSA) is 39.9 Å². The van der Waals surface area contributed by atoms with Gasteiger partial charge < -0.3 is 15.6 Å². The number of rotatable bonds is 4. The highest BCUT2D eigenvalue weighted by Gasteiger charge is 2.11. The highest BCUT2D eigenvalue weighted by molar-refractivity contribution is 5.84. The number of H-pyrrole nitrogens is 1. The van der Waals surface area contributed by atoms with E-state index < -0.39 is 0 Å². The van der Waals surface area contributed by atoms with E-state index in [9.17, 15) is 0 Å². The molecule has 3 N–H and O–H groups in total. The highest BCUT2D eigenvalue weighted by Crippen LogP contribution is 2.27. The zero-order chi connectivity index (χ0) is 16.5. The maximum Gasteiger partial charge on any atom is 0.0620 e. The molecule has 0 amide bonds. The lowest BCUT2D eigenvalue weighted by molar-refractivity contribution is 0.876. The summed E-state index contributed by atoms with van der Waals surface area (Å²) in [4.78, 5) is 3.40. The van der Waals surface area contributed by atoms with E-state index in [1.54, 1.807) is 0 Å². The van der Waals surface area contributed by atoms with E-state index in [0.717, 1.165) is 42.0 Å². The minimum Gasteiger partial charge on any atom is -0.380 e. The van der Waals surface area contributed by atoms with Crippen LogP contribution in [-0.2, 0) is 13.0 Å². The van der Waals surface area contributed by atoms with Gasteiger partial charge >= 0.3 is 0 Å². The summed E-state index contributed by atoms with van der Waals surface area (Å²) < 4.78 is 0. The Bertz CT molecular complexity index is 900. The van der Waals surface area contributed by atoms with E-state index in [1.165, 1.54) is 22.2 Å². The second-order valence-corrected chi connectivity index (χ2v) is 6.32. The molecule has 2 aromatic carbocycles. The van der Waals surface area contributed by atoms with Crippen LogP contribution in [0.4, 0.5) is 5.69 Å². The maximum atomic E-state index is 4.16. The number of aryl methyl sites for hydroxylation is 1. The summed E-state index contributed by atoms with van der Waals surface area (Å²) in [7, 11) is 0. The predicted molar refractivity (Wildman–Crippen MR) is 102 cm³/mol. The Balaban J connectivity index is 1.47. The van der Waals surface area contributed by atoms with Crippen molar-refractivity contribution in [2.75, 3.05) is 5.32 Å². The molecule has 1 aliphatic rings. The van der Waals surface area contributed by atoms with Gasteiger partial charge in [-0.1, -0.05) is 43.5 Å². The highest BCUT2D eigenvalue weighted by atomic mass is 14.9. The van der Waals surface area contributed by atoms with Gasteiger partial charge in [0.25, 0.3) is 0 Å². The van der Waals surface area contributed by atoms with Crippen molar-refractivity contribution in [1.29, 1.82) is 0 Å². The van der Waals surface area contributed by atoms with Crippen molar-refractivity contribution < 1.29 is 0 Å². The molecule has 0 unspecified atom stereocenters. The molecule has 3 nitrogen and oxygen atoms in total. The molecule has 0 bridgehead atoms. The van der Waals surface area contributed by atoms with Gasteiger partial charge in [0.2, 0.25) is 0 Å². The fourth-order valence-corrected chi connectivity index (χ4v) is 3.15. The van der Waals surface area contributed by atoms with Crippen molar-refractivity contribution in [3.63, 3.8) is 0 Å². The van der Waals surface area contributed by atoms with Crippen LogP contribution in [0, 0.1) is 0 Å². The second kappa shape index (κ2) is 5.93. The predicted octanol–water partition coefficient (Wildman–Crippen LogP) is 4.80. The van der Waals surface area contributed by atoms with E-state index in [-0.39, 0.29) is 0 Å². The van der Waals surface area contributed by atoms with Crippen molar-refractivity contribution >= 4 is 22.3 Å². The van der Waals surface area contributed by atoms with E-state index in [2.05, 4.69) is 65.2 Å². The van der Waals surface area contributed by atoms with Crippen LogP contribution >= 0.6 is 0 Å². The summed E-state index contributed by atoms with van der Waals surface area (Å²) in [6, 6.07) is 17.0. The molecule has 24 heavy (non-hydrogen) atoms. The lowest BCUT2D eigenvalue weighted by Gasteiger charge is -2.21. The number of anilines is 1. The number of aromatic amines is 1. The minimum absolute atomic E-state index is 0.746. The third-order valence-corrected chi connectivity index (χ3v) is 4.54. The molecule has 0 saturated heterocycles. The largest absolute Gasteiger partial charge is 0.380 e. The number of para-hydroxylation sites is 1. The van der Waals surface area contributed by atoms with Crippen LogP contribution in [0.15, 0.2) is 67.4 Å². The maximum absolute atomic E-state index is 4.16. The molecule has 0 spiro atoms. The van der Waals surface area contributed by atoms with Gasteiger partial charge in [0.05, 0.1) is 11.4 Å². The molecule has 3 heteroatoms. The van der Waals surface area contributed by atoms with E-state index >= 15 is 0 Å². The van der Waals surface area contributed by atoms with Crippen molar-refractivity contribution in [3.8, 4) is 0 Å². The Morgan fingerprint density at radius 2 is 1.96 bits per heavy atom. The van der Waals surface area contributed by atoms with Gasteiger partial charge in [0.15, 0.2) is 0 Å². The average Bonchev–Trinajstić information content (AvgIpc) is 3.03. The van der Waals surface area contributed by atoms with E-state index in [0.29, 0.717) is 0 Å². The number of allylic oxidation sites excluding steroid dienone is 1. The molecule has 120 valence electrons. The van der Waals surface area contributed by atoms with Gasteiger partial charge in [-0.25, -0.2) is 0 Å². The molecule has 0 aliphatic carbocycles. The molecule has 0 saturated carbocycles. The van der Waals surface area contributed by atoms with Gasteiger partial charge in [-0.05, 0) is 42.2 Å². The van der Waals surface area contributed by atoms with Crippen molar-refractivity contribution in [2.45, 2.75) is 19.4 Å².